The molecule has 8 N–H and O–H groups in total. The Labute approximate surface area is 229 Å². The molecule has 0 aromatic heterocycles. The van der Waals surface area contributed by atoms with Gasteiger partial charge in [-0.2, -0.15) is 0 Å². The van der Waals surface area contributed by atoms with Crippen molar-refractivity contribution in [3.05, 3.63) is 65.2 Å². The second-order valence-corrected chi connectivity index (χ2v) is 11.7. The van der Waals surface area contributed by atoms with Gasteiger partial charge in [0, 0.05) is 30.5 Å². The molecule has 0 saturated carbocycles. The van der Waals surface area contributed by atoms with Crippen LogP contribution in [-0.4, -0.2) is 58.4 Å². The summed E-state index contributed by atoms with van der Waals surface area (Å²) < 4.78 is 0. The zero-order valence-corrected chi connectivity index (χ0v) is 22.5. The Bertz CT molecular complexity index is 1130. The first-order valence-corrected chi connectivity index (χ1v) is 14.7. The Morgan fingerprint density at radius 3 is 2.45 bits per heavy atom. The maximum Gasteiger partial charge on any atom is 0.243 e. The van der Waals surface area contributed by atoms with E-state index >= 15 is 0 Å². The highest BCUT2D eigenvalue weighted by Gasteiger charge is 2.26. The van der Waals surface area contributed by atoms with Crippen LogP contribution in [0.5, 0.6) is 5.75 Å². The number of aromatic hydroxyl groups is 1. The maximum absolute atomic E-state index is 13.1. The van der Waals surface area contributed by atoms with Gasteiger partial charge in [-0.3, -0.25) is 19.2 Å². The van der Waals surface area contributed by atoms with Crippen LogP contribution in [-0.2, 0) is 38.6 Å². The van der Waals surface area contributed by atoms with Crippen LogP contribution in [0.4, 0.5) is 0 Å². The van der Waals surface area contributed by atoms with Crippen molar-refractivity contribution in [2.75, 3.05) is 11.5 Å². The van der Waals surface area contributed by atoms with Gasteiger partial charge in [-0.25, -0.2) is 0 Å². The lowest BCUT2D eigenvalue weighted by atomic mass is 10.0. The molecule has 10 nitrogen and oxygen atoms in total. The predicted molar refractivity (Wildman–Crippen MR) is 149 cm³/mol. The molecule has 1 saturated heterocycles. The molecule has 2 aromatic carbocycles. The number of nitrogens with one attached hydrogen (secondary N) is 3. The van der Waals surface area contributed by atoms with Crippen LogP contribution in [0.25, 0.3) is 0 Å². The summed E-state index contributed by atoms with van der Waals surface area (Å²) in [5, 5.41) is 18.1. The molecule has 12 heteroatoms. The number of phenolic OH excluding ortho intramolecular Hbond substituents is 1. The number of hydrogen-bond donors (Lipinski definition) is 6. The molecule has 0 spiro atoms. The number of primary amides is 1. The van der Waals surface area contributed by atoms with Crippen molar-refractivity contribution in [1.82, 2.24) is 16.0 Å². The van der Waals surface area contributed by atoms with Crippen LogP contribution in [0.2, 0.25) is 0 Å². The molecule has 38 heavy (non-hydrogen) atoms. The number of phenols is 1. The first-order chi connectivity index (χ1) is 18.2. The highest BCUT2D eigenvalue weighted by atomic mass is 33.1. The third kappa shape index (κ3) is 9.58. The number of benzene rings is 2. The van der Waals surface area contributed by atoms with Gasteiger partial charge in [0.15, 0.2) is 0 Å². The van der Waals surface area contributed by atoms with E-state index in [1.54, 1.807) is 36.4 Å². The van der Waals surface area contributed by atoms with E-state index in [-0.39, 0.29) is 42.9 Å². The second kappa shape index (κ2) is 14.6. The maximum atomic E-state index is 13.1. The van der Waals surface area contributed by atoms with Gasteiger partial charge in [0.25, 0.3) is 0 Å². The molecule has 1 fully saturated rings. The number of nitrogens with two attached hydrogens (primary N) is 2. The minimum absolute atomic E-state index is 0.0532. The molecule has 3 atom stereocenters. The first-order valence-electron chi connectivity index (χ1n) is 12.2. The van der Waals surface area contributed by atoms with E-state index in [1.165, 1.54) is 21.6 Å². The van der Waals surface area contributed by atoms with Gasteiger partial charge in [0.2, 0.25) is 23.6 Å². The molecule has 4 amide bonds. The molecule has 0 aliphatic carbocycles. The number of amides is 4. The summed E-state index contributed by atoms with van der Waals surface area (Å²) in [7, 11) is 2.90. The lowest BCUT2D eigenvalue weighted by Gasteiger charge is -2.22. The normalized spacial score (nSPS) is 21.1. The van der Waals surface area contributed by atoms with Crippen LogP contribution >= 0.6 is 21.6 Å². The third-order valence-electron chi connectivity index (χ3n) is 5.95. The Balaban J connectivity index is 1.70. The number of rotatable bonds is 7. The topological polar surface area (TPSA) is 177 Å². The van der Waals surface area contributed by atoms with Gasteiger partial charge in [-0.05, 0) is 41.7 Å². The molecule has 0 radical (unpaired) electrons. The summed E-state index contributed by atoms with van der Waals surface area (Å²) in [5.74, 6) is -0.500. The summed E-state index contributed by atoms with van der Waals surface area (Å²) in [5.41, 5.74) is 13.7. The number of hydrogen-bond acceptors (Lipinski definition) is 8. The summed E-state index contributed by atoms with van der Waals surface area (Å²) >= 11 is 0. The van der Waals surface area contributed by atoms with Gasteiger partial charge >= 0.3 is 0 Å². The van der Waals surface area contributed by atoms with Gasteiger partial charge in [-0.1, -0.05) is 58.0 Å². The van der Waals surface area contributed by atoms with Crippen molar-refractivity contribution in [3.8, 4) is 5.75 Å². The largest absolute Gasteiger partial charge is 0.508 e. The standard InChI is InChI=1S/C26H33N5O5S2/c27-21-9-10-37-38-15-22(26(36)29-14-18-4-2-1-3-17(18)12-23(28)33)31-24(34)13-19(30-25(21)35)11-16-5-7-20(32)8-6-16/h1-8,19,21-22,32H,9-15,27H2,(H2,28,33)(H,29,36)(H,30,35)(H,31,34)/t19-,21-,22-/m0/s1. The Hall–Kier alpha value is -3.22. The average Bonchev–Trinajstić information content (AvgIpc) is 2.88. The zero-order valence-electron chi connectivity index (χ0n) is 20.9. The van der Waals surface area contributed by atoms with E-state index in [1.807, 2.05) is 12.1 Å². The predicted octanol–water partition coefficient (Wildman–Crippen LogP) is 0.751. The van der Waals surface area contributed by atoms with Gasteiger partial charge < -0.3 is 32.5 Å². The Kier molecular flexibility index (Phi) is 11.3. The van der Waals surface area contributed by atoms with Crippen LogP contribution < -0.4 is 27.4 Å². The summed E-state index contributed by atoms with van der Waals surface area (Å²) in [4.78, 5) is 50.1. The lowest BCUT2D eigenvalue weighted by Crippen LogP contribution is -2.51. The Morgan fingerprint density at radius 1 is 1.03 bits per heavy atom. The molecule has 204 valence electrons. The summed E-state index contributed by atoms with van der Waals surface area (Å²) in [6.07, 6.45) is 0.810. The fraction of sp³-hybridized carbons (Fsp3) is 0.385. The van der Waals surface area contributed by atoms with Crippen molar-refractivity contribution in [1.29, 1.82) is 0 Å². The molecule has 1 heterocycles. The summed E-state index contributed by atoms with van der Waals surface area (Å²) in [6.45, 7) is 0.181. The van der Waals surface area contributed by atoms with Crippen LogP contribution in [0.1, 0.15) is 29.5 Å². The van der Waals surface area contributed by atoms with E-state index in [0.717, 1.165) is 16.7 Å². The van der Waals surface area contributed by atoms with E-state index in [0.29, 0.717) is 24.3 Å². The molecular formula is C26H33N5O5S2. The SMILES string of the molecule is NC(=O)Cc1ccccc1CNC(=O)[C@@H]1CSSCC[C@H](N)C(=O)N[C@@H](Cc2ccc(O)cc2)CC(=O)N1. The fourth-order valence-corrected chi connectivity index (χ4v) is 6.21. The van der Waals surface area contributed by atoms with Crippen LogP contribution in [0, 0.1) is 0 Å². The smallest absolute Gasteiger partial charge is 0.243 e. The minimum atomic E-state index is -0.803. The van der Waals surface area contributed by atoms with E-state index in [9.17, 15) is 24.3 Å². The zero-order chi connectivity index (χ0) is 27.5. The quantitative estimate of drug-likeness (QED) is 0.269. The Morgan fingerprint density at radius 2 is 1.74 bits per heavy atom. The second-order valence-electron chi connectivity index (χ2n) is 9.03. The van der Waals surface area contributed by atoms with E-state index < -0.39 is 24.0 Å². The van der Waals surface area contributed by atoms with Crippen molar-refractivity contribution in [2.45, 2.75) is 50.4 Å². The van der Waals surface area contributed by atoms with Crippen LogP contribution in [0.3, 0.4) is 0 Å². The average molecular weight is 560 g/mol. The number of carbonyl (C=O) groups is 4. The van der Waals surface area contributed by atoms with Gasteiger partial charge in [0.1, 0.15) is 11.8 Å². The third-order valence-corrected chi connectivity index (χ3v) is 8.40. The highest BCUT2D eigenvalue weighted by Crippen LogP contribution is 2.24. The fourth-order valence-electron chi connectivity index (χ4n) is 3.94. The molecule has 0 unspecified atom stereocenters. The van der Waals surface area contributed by atoms with Gasteiger partial charge in [0.05, 0.1) is 12.5 Å². The molecule has 2 aromatic rings. The number of carbonyl (C=O) groups excluding carboxylic acids is 4. The molecule has 1 aliphatic rings. The van der Waals surface area contributed by atoms with Gasteiger partial charge in [-0.15, -0.1) is 0 Å². The van der Waals surface area contributed by atoms with Crippen molar-refractivity contribution in [2.24, 2.45) is 11.5 Å². The summed E-state index contributed by atoms with van der Waals surface area (Å²) in [6, 6.07) is 11.7. The minimum Gasteiger partial charge on any atom is -0.508 e. The van der Waals surface area contributed by atoms with Crippen LogP contribution in [0.15, 0.2) is 48.5 Å². The highest BCUT2D eigenvalue weighted by molar-refractivity contribution is 8.76. The first kappa shape index (κ1) is 29.3. The molecule has 0 bridgehead atoms. The lowest BCUT2D eigenvalue weighted by molar-refractivity contribution is -0.129. The molecule has 1 aliphatic heterocycles. The van der Waals surface area contributed by atoms with Crippen molar-refractivity contribution >= 4 is 45.2 Å². The molecular weight excluding hydrogens is 526 g/mol. The monoisotopic (exact) mass is 559 g/mol. The van der Waals surface area contributed by atoms with Crippen molar-refractivity contribution in [3.63, 3.8) is 0 Å². The van der Waals surface area contributed by atoms with Crippen molar-refractivity contribution < 1.29 is 24.3 Å². The molecule has 3 rings (SSSR count). The van der Waals surface area contributed by atoms with E-state index in [4.69, 9.17) is 11.5 Å². The van der Waals surface area contributed by atoms with E-state index in [2.05, 4.69) is 16.0 Å².